The Kier molecular flexibility index (Phi) is 7.94. The van der Waals surface area contributed by atoms with Crippen LogP contribution in [0.1, 0.15) is 5.56 Å². The van der Waals surface area contributed by atoms with Gasteiger partial charge >= 0.3 is 204 Å². The molecule has 0 bridgehead atoms. The number of hydrogen-bond acceptors (Lipinski definition) is 8. The van der Waals surface area contributed by atoms with E-state index >= 15 is 0 Å². The number of rotatable bonds is 9. The molecule has 3 rings (SSSR count). The SMILES string of the molecule is COc1cc(OC)c(I(OS(=O)(=O)c2ccc(C)cc2)c2cc(F)ccc2[N+](=O)[O-])c(OC)c1. The van der Waals surface area contributed by atoms with Crippen LogP contribution in [0.25, 0.3) is 0 Å². The molecule has 0 aromatic heterocycles. The van der Waals surface area contributed by atoms with Crippen LogP contribution < -0.4 is 14.2 Å². The molecule has 34 heavy (non-hydrogen) atoms. The summed E-state index contributed by atoms with van der Waals surface area (Å²) in [6.07, 6.45) is 0. The first-order chi connectivity index (χ1) is 16.1. The van der Waals surface area contributed by atoms with Crippen molar-refractivity contribution in [2.24, 2.45) is 0 Å². The molecule has 9 nitrogen and oxygen atoms in total. The Bertz CT molecular complexity index is 1290. The number of hydrogen-bond donors (Lipinski definition) is 0. The quantitative estimate of drug-likeness (QED) is 0.192. The van der Waals surface area contributed by atoms with Gasteiger partial charge in [-0.3, -0.25) is 0 Å². The molecule has 3 aromatic carbocycles. The number of nitro groups is 1. The Morgan fingerprint density at radius 1 is 0.912 bits per heavy atom. The molecule has 0 N–H and O–H groups in total. The molecule has 0 saturated heterocycles. The summed E-state index contributed by atoms with van der Waals surface area (Å²) in [6.45, 7) is 1.79. The van der Waals surface area contributed by atoms with E-state index in [4.69, 9.17) is 16.7 Å². The van der Waals surface area contributed by atoms with Crippen molar-refractivity contribution >= 4 is 36.0 Å². The zero-order valence-electron chi connectivity index (χ0n) is 18.6. The Morgan fingerprint density at radius 2 is 1.50 bits per heavy atom. The van der Waals surface area contributed by atoms with E-state index in [2.05, 4.69) is 0 Å². The maximum atomic E-state index is 14.3. The summed E-state index contributed by atoms with van der Waals surface area (Å²) in [4.78, 5) is 10.9. The predicted molar refractivity (Wildman–Crippen MR) is 130 cm³/mol. The van der Waals surface area contributed by atoms with Crippen molar-refractivity contribution < 1.29 is 34.5 Å². The second kappa shape index (κ2) is 10.5. The summed E-state index contributed by atoms with van der Waals surface area (Å²) >= 11 is -3.85. The zero-order chi connectivity index (χ0) is 25.0. The van der Waals surface area contributed by atoms with E-state index in [1.807, 2.05) is 0 Å². The zero-order valence-corrected chi connectivity index (χ0v) is 21.5. The Morgan fingerprint density at radius 3 is 2.00 bits per heavy atom. The van der Waals surface area contributed by atoms with E-state index in [1.165, 1.54) is 45.6 Å². The normalized spacial score (nSPS) is 11.6. The second-order valence-electron chi connectivity index (χ2n) is 6.78. The van der Waals surface area contributed by atoms with Gasteiger partial charge in [-0.2, -0.15) is 0 Å². The molecule has 0 aliphatic carbocycles. The Labute approximate surface area is 203 Å². The van der Waals surface area contributed by atoms with Crippen molar-refractivity contribution in [1.29, 1.82) is 0 Å². The molecule has 0 radical (unpaired) electrons. The predicted octanol–water partition coefficient (Wildman–Crippen LogP) is 4.93. The molecule has 0 aliphatic heterocycles. The third-order valence-corrected chi connectivity index (χ3v) is 12.2. The maximum absolute atomic E-state index is 14.3. The summed E-state index contributed by atoms with van der Waals surface area (Å²) in [5, 5.41) is 11.8. The van der Waals surface area contributed by atoms with Gasteiger partial charge < -0.3 is 0 Å². The number of halogens is 2. The molecule has 0 aliphatic rings. The molecular weight excluding hydrogens is 584 g/mol. The summed E-state index contributed by atoms with van der Waals surface area (Å²) in [5.74, 6) is -0.202. The van der Waals surface area contributed by atoms with Gasteiger partial charge in [-0.25, -0.2) is 0 Å². The summed E-state index contributed by atoms with van der Waals surface area (Å²) in [7, 11) is -0.327. The van der Waals surface area contributed by atoms with Crippen LogP contribution in [0, 0.1) is 30.0 Å². The molecule has 0 spiro atoms. The van der Waals surface area contributed by atoms with E-state index < -0.39 is 46.8 Å². The van der Waals surface area contributed by atoms with Gasteiger partial charge in [0.15, 0.2) is 0 Å². The molecule has 0 heterocycles. The standard InChI is InChI=1S/C22H21FINO8S/c1-14-5-8-17(9-6-14)34(28,29)33-24(18-11-15(23)7-10-19(18)25(26)27)22-20(31-3)12-16(30-2)13-21(22)32-4/h5-13H,1-4H3. The average Bonchev–Trinajstić information content (AvgIpc) is 2.81. The van der Waals surface area contributed by atoms with Gasteiger partial charge in [-0.15, -0.1) is 0 Å². The molecule has 0 fully saturated rings. The fourth-order valence-corrected chi connectivity index (χ4v) is 10.7. The number of aryl methyl sites for hydroxylation is 1. The second-order valence-corrected chi connectivity index (χ2v) is 13.0. The van der Waals surface area contributed by atoms with Gasteiger partial charge in [0, 0.05) is 0 Å². The molecule has 0 atom stereocenters. The summed E-state index contributed by atoms with van der Waals surface area (Å²) in [5.41, 5.74) is 0.346. The first-order valence-corrected chi connectivity index (χ1v) is 14.0. The number of methoxy groups -OCH3 is 3. The van der Waals surface area contributed by atoms with E-state index in [-0.39, 0.29) is 23.5 Å². The van der Waals surface area contributed by atoms with E-state index in [9.17, 15) is 22.9 Å². The van der Waals surface area contributed by atoms with E-state index in [1.54, 1.807) is 19.1 Å². The minimum atomic E-state index is -4.41. The molecule has 12 heteroatoms. The van der Waals surface area contributed by atoms with E-state index in [0.717, 1.165) is 23.8 Å². The first-order valence-electron chi connectivity index (χ1n) is 9.57. The third-order valence-electron chi connectivity index (χ3n) is 4.57. The monoisotopic (exact) mass is 605 g/mol. The van der Waals surface area contributed by atoms with Crippen molar-refractivity contribution in [1.82, 2.24) is 0 Å². The fraction of sp³-hybridized carbons (Fsp3) is 0.182. The van der Waals surface area contributed by atoms with Crippen LogP contribution in [0.15, 0.2) is 59.5 Å². The van der Waals surface area contributed by atoms with Gasteiger partial charge in [0.1, 0.15) is 0 Å². The van der Waals surface area contributed by atoms with Crippen LogP contribution in [0.5, 0.6) is 17.2 Å². The van der Waals surface area contributed by atoms with Crippen molar-refractivity contribution in [3.05, 3.63) is 83.2 Å². The summed E-state index contributed by atoms with van der Waals surface area (Å²) < 4.78 is 62.5. The summed E-state index contributed by atoms with van der Waals surface area (Å²) in [6, 6.07) is 11.7. The van der Waals surface area contributed by atoms with Gasteiger partial charge in [0.05, 0.1) is 0 Å². The van der Waals surface area contributed by atoms with Crippen LogP contribution in [0.4, 0.5) is 10.1 Å². The molecule has 0 saturated carbocycles. The molecule has 0 amide bonds. The number of nitro benzene ring substituents is 1. The fourth-order valence-electron chi connectivity index (χ4n) is 2.89. The van der Waals surface area contributed by atoms with Crippen LogP contribution in [-0.4, -0.2) is 34.7 Å². The number of benzene rings is 3. The molecule has 182 valence electrons. The van der Waals surface area contributed by atoms with Crippen LogP contribution >= 0.6 is 20.2 Å². The third kappa shape index (κ3) is 5.39. The molecule has 0 unspecified atom stereocenters. The first kappa shape index (κ1) is 25.6. The Hall–Kier alpha value is -2.97. The minimum absolute atomic E-state index is 0.124. The average molecular weight is 605 g/mol. The Balaban J connectivity index is 2.32. The topological polar surface area (TPSA) is 114 Å². The molecular formula is C22H21FINO8S. The van der Waals surface area contributed by atoms with Crippen LogP contribution in [0.2, 0.25) is 0 Å². The van der Waals surface area contributed by atoms with Crippen molar-refractivity contribution in [2.45, 2.75) is 11.8 Å². The number of nitrogens with zero attached hydrogens (tertiary/aromatic N) is 1. The van der Waals surface area contributed by atoms with Crippen molar-refractivity contribution in [2.75, 3.05) is 21.3 Å². The van der Waals surface area contributed by atoms with Crippen molar-refractivity contribution in [3.8, 4) is 17.2 Å². The van der Waals surface area contributed by atoms with Crippen LogP contribution in [-0.2, 0) is 12.6 Å². The van der Waals surface area contributed by atoms with Gasteiger partial charge in [-0.1, -0.05) is 0 Å². The van der Waals surface area contributed by atoms with Crippen LogP contribution in [0.3, 0.4) is 0 Å². The van der Waals surface area contributed by atoms with Gasteiger partial charge in [-0.05, 0) is 0 Å². The molecule has 3 aromatic rings. The van der Waals surface area contributed by atoms with Crippen molar-refractivity contribution in [3.63, 3.8) is 0 Å². The van der Waals surface area contributed by atoms with E-state index in [0.29, 0.717) is 5.75 Å². The van der Waals surface area contributed by atoms with Gasteiger partial charge in [0.25, 0.3) is 0 Å². The van der Waals surface area contributed by atoms with Gasteiger partial charge in [0.2, 0.25) is 0 Å². The number of ether oxygens (including phenoxy) is 3.